The second-order valence-electron chi connectivity index (χ2n) is 5.82. The number of rotatable bonds is 9. The summed E-state index contributed by atoms with van der Waals surface area (Å²) in [6, 6.07) is 0. The Hall–Kier alpha value is -1.41. The summed E-state index contributed by atoms with van der Waals surface area (Å²) in [4.78, 5) is 22.2. The first-order chi connectivity index (χ1) is 10.1. The standard InChI is InChI=1S/C14H25NO6S/c1-5-20-12(16)7-8-13(17)21-10-6-9-15-22(18,19)11-14(2,3)4/h7-8,15H,5-6,9-11H2,1-4H3/b8-7+. The van der Waals surface area contributed by atoms with E-state index >= 15 is 0 Å². The van der Waals surface area contributed by atoms with Crippen LogP contribution in [0.3, 0.4) is 0 Å². The molecule has 0 fully saturated rings. The van der Waals surface area contributed by atoms with Gasteiger partial charge in [0.15, 0.2) is 0 Å². The van der Waals surface area contributed by atoms with Crippen LogP contribution in [0.2, 0.25) is 0 Å². The number of ether oxygens (including phenoxy) is 2. The van der Waals surface area contributed by atoms with Crippen molar-refractivity contribution in [1.82, 2.24) is 4.72 Å². The van der Waals surface area contributed by atoms with Gasteiger partial charge in [0, 0.05) is 18.7 Å². The van der Waals surface area contributed by atoms with Gasteiger partial charge in [-0.25, -0.2) is 22.7 Å². The van der Waals surface area contributed by atoms with Crippen LogP contribution >= 0.6 is 0 Å². The second-order valence-corrected chi connectivity index (χ2v) is 7.63. The Bertz CT molecular complexity index is 490. The Labute approximate surface area is 132 Å². The van der Waals surface area contributed by atoms with Crippen LogP contribution in [0.25, 0.3) is 0 Å². The Morgan fingerprint density at radius 2 is 1.64 bits per heavy atom. The molecule has 128 valence electrons. The minimum atomic E-state index is -3.33. The topological polar surface area (TPSA) is 98.8 Å². The van der Waals surface area contributed by atoms with Crippen LogP contribution in [0.4, 0.5) is 0 Å². The third-order valence-electron chi connectivity index (χ3n) is 2.15. The summed E-state index contributed by atoms with van der Waals surface area (Å²) in [6.45, 7) is 7.65. The molecule has 0 atom stereocenters. The molecule has 0 rings (SSSR count). The molecule has 0 aliphatic rings. The van der Waals surface area contributed by atoms with E-state index in [9.17, 15) is 18.0 Å². The second kappa shape index (κ2) is 9.58. The molecule has 8 heteroatoms. The van der Waals surface area contributed by atoms with E-state index in [1.54, 1.807) is 6.92 Å². The average Bonchev–Trinajstić information content (AvgIpc) is 2.33. The van der Waals surface area contributed by atoms with Gasteiger partial charge in [-0.2, -0.15) is 0 Å². The van der Waals surface area contributed by atoms with Gasteiger partial charge in [-0.15, -0.1) is 0 Å². The Morgan fingerprint density at radius 3 is 2.14 bits per heavy atom. The third-order valence-corrected chi connectivity index (χ3v) is 4.04. The number of hydrogen-bond donors (Lipinski definition) is 1. The van der Waals surface area contributed by atoms with Crippen LogP contribution in [0.5, 0.6) is 0 Å². The van der Waals surface area contributed by atoms with Crippen LogP contribution in [0.1, 0.15) is 34.1 Å². The lowest BCUT2D eigenvalue weighted by atomic mass is 10.0. The van der Waals surface area contributed by atoms with Crippen LogP contribution in [-0.4, -0.2) is 45.9 Å². The molecular weight excluding hydrogens is 310 g/mol. The van der Waals surface area contributed by atoms with Crippen molar-refractivity contribution in [3.63, 3.8) is 0 Å². The maximum Gasteiger partial charge on any atom is 0.331 e. The number of hydrogen-bond acceptors (Lipinski definition) is 6. The van der Waals surface area contributed by atoms with Gasteiger partial charge in [0.1, 0.15) is 0 Å². The number of sulfonamides is 1. The summed E-state index contributed by atoms with van der Waals surface area (Å²) in [7, 11) is -3.33. The fraction of sp³-hybridized carbons (Fsp3) is 0.714. The van der Waals surface area contributed by atoms with Crippen molar-refractivity contribution in [3.05, 3.63) is 12.2 Å². The monoisotopic (exact) mass is 335 g/mol. The van der Waals surface area contributed by atoms with Gasteiger partial charge in [-0.3, -0.25) is 0 Å². The predicted molar refractivity (Wildman–Crippen MR) is 82.6 cm³/mol. The smallest absolute Gasteiger partial charge is 0.331 e. The van der Waals surface area contributed by atoms with Crippen LogP contribution in [-0.2, 0) is 29.1 Å². The number of carbonyl (C=O) groups is 2. The molecule has 0 bridgehead atoms. The Balaban J connectivity index is 3.90. The van der Waals surface area contributed by atoms with Crippen molar-refractivity contribution in [1.29, 1.82) is 0 Å². The first-order valence-electron chi connectivity index (χ1n) is 7.04. The fourth-order valence-electron chi connectivity index (χ4n) is 1.47. The number of esters is 2. The van der Waals surface area contributed by atoms with E-state index in [-0.39, 0.29) is 30.9 Å². The Kier molecular flexibility index (Phi) is 8.96. The number of nitrogens with one attached hydrogen (secondary N) is 1. The zero-order valence-corrected chi connectivity index (χ0v) is 14.4. The largest absolute Gasteiger partial charge is 0.463 e. The minimum absolute atomic E-state index is 0.0298. The van der Waals surface area contributed by atoms with E-state index in [4.69, 9.17) is 4.74 Å². The molecule has 0 aromatic carbocycles. The van der Waals surface area contributed by atoms with Gasteiger partial charge in [0.05, 0.1) is 19.0 Å². The average molecular weight is 335 g/mol. The molecule has 0 spiro atoms. The van der Waals surface area contributed by atoms with E-state index in [1.165, 1.54) is 0 Å². The summed E-state index contributed by atoms with van der Waals surface area (Å²) in [5.74, 6) is -1.26. The fourth-order valence-corrected chi connectivity index (χ4v) is 3.17. The molecule has 0 aromatic rings. The first-order valence-corrected chi connectivity index (χ1v) is 8.70. The molecule has 0 saturated carbocycles. The van der Waals surface area contributed by atoms with E-state index in [1.807, 2.05) is 20.8 Å². The maximum absolute atomic E-state index is 11.7. The molecule has 0 aliphatic heterocycles. The highest BCUT2D eigenvalue weighted by Gasteiger charge is 2.20. The van der Waals surface area contributed by atoms with Gasteiger partial charge in [0.2, 0.25) is 10.0 Å². The summed E-state index contributed by atoms with van der Waals surface area (Å²) in [5, 5.41) is 0. The minimum Gasteiger partial charge on any atom is -0.463 e. The highest BCUT2D eigenvalue weighted by atomic mass is 32.2. The van der Waals surface area contributed by atoms with Crippen molar-refractivity contribution in [2.24, 2.45) is 5.41 Å². The van der Waals surface area contributed by atoms with Crippen molar-refractivity contribution in [3.8, 4) is 0 Å². The van der Waals surface area contributed by atoms with Crippen LogP contribution < -0.4 is 4.72 Å². The molecule has 0 heterocycles. The van der Waals surface area contributed by atoms with Gasteiger partial charge < -0.3 is 9.47 Å². The van der Waals surface area contributed by atoms with Gasteiger partial charge in [0.25, 0.3) is 0 Å². The van der Waals surface area contributed by atoms with E-state index < -0.39 is 22.0 Å². The summed E-state index contributed by atoms with van der Waals surface area (Å²) < 4.78 is 35.3. The van der Waals surface area contributed by atoms with Crippen molar-refractivity contribution in [2.75, 3.05) is 25.5 Å². The molecule has 0 radical (unpaired) electrons. The van der Waals surface area contributed by atoms with E-state index in [0.29, 0.717) is 6.42 Å². The lowest BCUT2D eigenvalue weighted by molar-refractivity contribution is -0.140. The van der Waals surface area contributed by atoms with Crippen LogP contribution in [0.15, 0.2) is 12.2 Å². The summed E-state index contributed by atoms with van der Waals surface area (Å²) >= 11 is 0. The van der Waals surface area contributed by atoms with Gasteiger partial charge >= 0.3 is 11.9 Å². The molecule has 1 N–H and O–H groups in total. The zero-order valence-electron chi connectivity index (χ0n) is 13.5. The zero-order chi connectivity index (χ0) is 17.2. The molecule has 0 aliphatic carbocycles. The molecule has 7 nitrogen and oxygen atoms in total. The summed E-state index contributed by atoms with van der Waals surface area (Å²) in [5.41, 5.74) is -0.323. The predicted octanol–water partition coefficient (Wildman–Crippen LogP) is 1.00. The normalized spacial score (nSPS) is 12.4. The van der Waals surface area contributed by atoms with Crippen molar-refractivity contribution < 1.29 is 27.5 Å². The molecule has 0 amide bonds. The SMILES string of the molecule is CCOC(=O)/C=C/C(=O)OCCCNS(=O)(=O)CC(C)(C)C. The van der Waals surface area contributed by atoms with Gasteiger partial charge in [-0.1, -0.05) is 20.8 Å². The summed E-state index contributed by atoms with van der Waals surface area (Å²) in [6.07, 6.45) is 2.31. The molecule has 22 heavy (non-hydrogen) atoms. The molecule has 0 unspecified atom stereocenters. The lowest BCUT2D eigenvalue weighted by Gasteiger charge is -2.18. The Morgan fingerprint density at radius 1 is 1.09 bits per heavy atom. The van der Waals surface area contributed by atoms with Crippen molar-refractivity contribution >= 4 is 22.0 Å². The van der Waals surface area contributed by atoms with Crippen molar-refractivity contribution in [2.45, 2.75) is 34.1 Å². The maximum atomic E-state index is 11.7. The first kappa shape index (κ1) is 20.6. The third kappa shape index (κ3) is 12.3. The molecule has 0 saturated heterocycles. The molecule has 0 aromatic heterocycles. The highest BCUT2D eigenvalue weighted by molar-refractivity contribution is 7.89. The lowest BCUT2D eigenvalue weighted by Crippen LogP contribution is -2.33. The number of carbonyl (C=O) groups excluding carboxylic acids is 2. The van der Waals surface area contributed by atoms with E-state index in [2.05, 4.69) is 9.46 Å². The van der Waals surface area contributed by atoms with E-state index in [0.717, 1.165) is 12.2 Å². The quantitative estimate of drug-likeness (QED) is 0.383. The molecular formula is C14H25NO6S. The van der Waals surface area contributed by atoms with Crippen LogP contribution in [0, 0.1) is 5.41 Å². The highest BCUT2D eigenvalue weighted by Crippen LogP contribution is 2.15. The van der Waals surface area contributed by atoms with Gasteiger partial charge in [-0.05, 0) is 18.8 Å².